The van der Waals surface area contributed by atoms with E-state index in [1.165, 1.54) is 4.90 Å². The highest BCUT2D eigenvalue weighted by Crippen LogP contribution is 2.44. The fourth-order valence-corrected chi connectivity index (χ4v) is 5.75. The summed E-state index contributed by atoms with van der Waals surface area (Å²) < 4.78 is 5.86. The number of nitrogens with zero attached hydrogens (tertiary/aromatic N) is 1. The van der Waals surface area contributed by atoms with Gasteiger partial charge in [0.25, 0.3) is 0 Å². The number of anilines is 1. The van der Waals surface area contributed by atoms with E-state index in [0.717, 1.165) is 27.8 Å². The maximum atomic E-state index is 13.4. The van der Waals surface area contributed by atoms with E-state index in [0.29, 0.717) is 22.4 Å². The Kier molecular flexibility index (Phi) is 7.03. The molecule has 0 saturated heterocycles. The number of carbonyl (C=O) groups excluding carboxylic acids is 1. The minimum atomic E-state index is -1.71. The quantitative estimate of drug-likeness (QED) is 0.305. The number of benzene rings is 3. The Labute approximate surface area is 220 Å². The minimum Gasteiger partial charge on any atom is -0.478 e. The molecular formula is C31H33NO4Si. The molecule has 0 fully saturated rings. The van der Waals surface area contributed by atoms with Crippen LogP contribution in [0.3, 0.4) is 0 Å². The fourth-order valence-electron chi connectivity index (χ4n) is 5.25. The molecule has 37 heavy (non-hydrogen) atoms. The van der Waals surface area contributed by atoms with E-state index in [1.807, 2.05) is 31.2 Å². The van der Waals surface area contributed by atoms with Crippen molar-refractivity contribution < 1.29 is 19.4 Å². The second-order valence-corrected chi connectivity index (χ2v) is 15.4. The van der Waals surface area contributed by atoms with Crippen molar-refractivity contribution in [3.05, 3.63) is 87.5 Å². The van der Waals surface area contributed by atoms with Crippen molar-refractivity contribution in [1.82, 2.24) is 0 Å². The second kappa shape index (κ2) is 9.91. The third-order valence-corrected chi connectivity index (χ3v) is 7.81. The standard InChI is InChI=1S/C31H33NO4Si/c1-19-22(16-17-37(5,6)7)20(2)29(21(3)28(19)30(33)34)32(4)31(35)36-18-27-25-14-10-8-12-23(25)24-13-9-11-15-26(24)27/h8-15,27H,18H2,1-7H3,(H,33,34). The van der Waals surface area contributed by atoms with Crippen LogP contribution in [-0.2, 0) is 4.74 Å². The lowest BCUT2D eigenvalue weighted by atomic mass is 9.91. The van der Waals surface area contributed by atoms with Gasteiger partial charge in [-0.2, -0.15) is 0 Å². The molecule has 5 nitrogen and oxygen atoms in total. The van der Waals surface area contributed by atoms with Crippen LogP contribution in [0.4, 0.5) is 10.5 Å². The predicted molar refractivity (Wildman–Crippen MR) is 151 cm³/mol. The number of carboxylic acid groups (broad SMARTS) is 1. The predicted octanol–water partition coefficient (Wildman–Crippen LogP) is 6.92. The zero-order valence-electron chi connectivity index (χ0n) is 22.5. The average molecular weight is 512 g/mol. The fraction of sp³-hybridized carbons (Fsp3) is 0.290. The van der Waals surface area contributed by atoms with Gasteiger partial charge in [-0.1, -0.05) is 74.1 Å². The van der Waals surface area contributed by atoms with E-state index < -0.39 is 20.1 Å². The average Bonchev–Trinajstić information content (AvgIpc) is 3.15. The number of amides is 1. The largest absolute Gasteiger partial charge is 0.478 e. The smallest absolute Gasteiger partial charge is 0.414 e. The Morgan fingerprint density at radius 3 is 1.97 bits per heavy atom. The monoisotopic (exact) mass is 511 g/mol. The van der Waals surface area contributed by atoms with Gasteiger partial charge in [0, 0.05) is 18.5 Å². The lowest BCUT2D eigenvalue weighted by Crippen LogP contribution is -2.30. The summed E-state index contributed by atoms with van der Waals surface area (Å²) in [6.07, 6.45) is -0.530. The maximum absolute atomic E-state index is 13.4. The zero-order chi connectivity index (χ0) is 27.1. The van der Waals surface area contributed by atoms with E-state index >= 15 is 0 Å². The number of rotatable bonds is 4. The molecule has 1 amide bonds. The van der Waals surface area contributed by atoms with E-state index in [2.05, 4.69) is 55.4 Å². The van der Waals surface area contributed by atoms with Crippen LogP contribution in [0.15, 0.2) is 48.5 Å². The number of hydrogen-bond acceptors (Lipinski definition) is 3. The number of ether oxygens (including phenoxy) is 1. The summed E-state index contributed by atoms with van der Waals surface area (Å²) in [7, 11) is -0.0802. The molecule has 1 N–H and O–H groups in total. The van der Waals surface area contributed by atoms with Crippen LogP contribution in [0.2, 0.25) is 19.6 Å². The first-order valence-electron chi connectivity index (χ1n) is 12.4. The molecule has 0 radical (unpaired) electrons. The van der Waals surface area contributed by atoms with E-state index in [4.69, 9.17) is 4.74 Å². The first-order valence-corrected chi connectivity index (χ1v) is 15.9. The zero-order valence-corrected chi connectivity index (χ0v) is 23.5. The molecule has 3 aromatic carbocycles. The molecule has 0 aromatic heterocycles. The van der Waals surface area contributed by atoms with Crippen LogP contribution in [0.25, 0.3) is 11.1 Å². The molecule has 6 heteroatoms. The van der Waals surface area contributed by atoms with Crippen LogP contribution in [0.1, 0.15) is 49.7 Å². The van der Waals surface area contributed by atoms with Gasteiger partial charge in [-0.3, -0.25) is 4.90 Å². The summed E-state index contributed by atoms with van der Waals surface area (Å²) in [5.41, 5.74) is 11.2. The summed E-state index contributed by atoms with van der Waals surface area (Å²) in [6, 6.07) is 16.4. The Bertz CT molecular complexity index is 1430. The Balaban J connectivity index is 1.68. The molecule has 4 rings (SSSR count). The molecule has 0 unspecified atom stereocenters. The summed E-state index contributed by atoms with van der Waals surface area (Å²) >= 11 is 0. The first-order chi connectivity index (χ1) is 17.4. The van der Waals surface area contributed by atoms with Gasteiger partial charge in [0.2, 0.25) is 0 Å². The van der Waals surface area contributed by atoms with Crippen molar-refractivity contribution in [3.63, 3.8) is 0 Å². The van der Waals surface area contributed by atoms with Gasteiger partial charge in [0.05, 0.1) is 11.3 Å². The minimum absolute atomic E-state index is 0.0577. The third-order valence-electron chi connectivity index (χ3n) is 6.93. The van der Waals surface area contributed by atoms with E-state index in [9.17, 15) is 14.7 Å². The molecule has 0 heterocycles. The topological polar surface area (TPSA) is 66.8 Å². The third kappa shape index (κ3) is 4.92. The second-order valence-electron chi connectivity index (χ2n) is 10.6. The highest BCUT2D eigenvalue weighted by Gasteiger charge is 2.31. The lowest BCUT2D eigenvalue weighted by molar-refractivity contribution is 0.0695. The van der Waals surface area contributed by atoms with Crippen molar-refractivity contribution in [3.8, 4) is 22.6 Å². The van der Waals surface area contributed by atoms with E-state index in [1.54, 1.807) is 20.9 Å². The molecule has 3 aromatic rings. The summed E-state index contributed by atoms with van der Waals surface area (Å²) in [5.74, 6) is 2.15. The maximum Gasteiger partial charge on any atom is 0.414 e. The van der Waals surface area contributed by atoms with Crippen molar-refractivity contribution in [2.24, 2.45) is 0 Å². The van der Waals surface area contributed by atoms with Crippen LogP contribution < -0.4 is 4.90 Å². The molecular weight excluding hydrogens is 478 g/mol. The van der Waals surface area contributed by atoms with Gasteiger partial charge < -0.3 is 9.84 Å². The van der Waals surface area contributed by atoms with Gasteiger partial charge in [-0.15, -0.1) is 5.54 Å². The molecule has 0 bridgehead atoms. The SMILES string of the molecule is Cc1c(C#C[Si](C)(C)C)c(C)c(N(C)C(=O)OCC2c3ccccc3-c3ccccc32)c(C)c1C(=O)O. The van der Waals surface area contributed by atoms with Crippen LogP contribution in [0, 0.1) is 32.2 Å². The molecule has 1 aliphatic carbocycles. The van der Waals surface area contributed by atoms with Crippen molar-refractivity contribution >= 4 is 25.8 Å². The highest BCUT2D eigenvalue weighted by molar-refractivity contribution is 6.83. The molecule has 0 aliphatic heterocycles. The van der Waals surface area contributed by atoms with Crippen molar-refractivity contribution in [2.45, 2.75) is 46.3 Å². The Morgan fingerprint density at radius 1 is 0.919 bits per heavy atom. The molecule has 0 spiro atoms. The molecule has 0 atom stereocenters. The normalized spacial score (nSPS) is 12.3. The number of hydrogen-bond donors (Lipinski definition) is 1. The Hall–Kier alpha value is -3.82. The molecule has 0 saturated carbocycles. The number of carboxylic acids is 1. The summed E-state index contributed by atoms with van der Waals surface area (Å²) in [4.78, 5) is 27.0. The molecule has 190 valence electrons. The summed E-state index contributed by atoms with van der Waals surface area (Å²) in [6.45, 7) is 12.0. The Morgan fingerprint density at radius 2 is 1.46 bits per heavy atom. The first kappa shape index (κ1) is 26.2. The van der Waals surface area contributed by atoms with Gasteiger partial charge in [0.1, 0.15) is 14.7 Å². The van der Waals surface area contributed by atoms with Gasteiger partial charge >= 0.3 is 12.1 Å². The van der Waals surface area contributed by atoms with Crippen LogP contribution in [0.5, 0.6) is 0 Å². The lowest BCUT2D eigenvalue weighted by Gasteiger charge is -2.25. The van der Waals surface area contributed by atoms with Gasteiger partial charge in [0.15, 0.2) is 0 Å². The van der Waals surface area contributed by atoms with Crippen LogP contribution >= 0.6 is 0 Å². The van der Waals surface area contributed by atoms with Gasteiger partial charge in [-0.25, -0.2) is 9.59 Å². The summed E-state index contributed by atoms with van der Waals surface area (Å²) in [5, 5.41) is 9.99. The van der Waals surface area contributed by atoms with Crippen molar-refractivity contribution in [1.29, 1.82) is 0 Å². The molecule has 1 aliphatic rings. The van der Waals surface area contributed by atoms with E-state index in [-0.39, 0.29) is 18.1 Å². The number of aromatic carboxylic acids is 1. The van der Waals surface area contributed by atoms with Crippen molar-refractivity contribution in [2.75, 3.05) is 18.6 Å². The van der Waals surface area contributed by atoms with Gasteiger partial charge in [-0.05, 0) is 59.7 Å². The van der Waals surface area contributed by atoms with Crippen LogP contribution in [-0.4, -0.2) is 38.9 Å². The number of carbonyl (C=O) groups is 2. The highest BCUT2D eigenvalue weighted by atomic mass is 28.3. The number of fused-ring (bicyclic) bond motifs is 3.